The standard InChI is InChI=1S/C12H14N2O3/c1-3-7-13-12(17)14-10-6-4-5-9(8(10)2)11(15)16/h3-6H,1,7H2,2H3,(H,15,16)(H2,13,14,17). The number of hydrogen-bond acceptors (Lipinski definition) is 2. The first-order valence-corrected chi connectivity index (χ1v) is 5.05. The second-order valence-electron chi connectivity index (χ2n) is 3.41. The van der Waals surface area contributed by atoms with Crippen molar-refractivity contribution in [3.05, 3.63) is 42.0 Å². The zero-order valence-electron chi connectivity index (χ0n) is 9.49. The van der Waals surface area contributed by atoms with Crippen molar-refractivity contribution in [2.45, 2.75) is 6.92 Å². The highest BCUT2D eigenvalue weighted by molar-refractivity contribution is 5.95. The molecule has 3 N–H and O–H groups in total. The maximum Gasteiger partial charge on any atom is 0.336 e. The third-order valence-corrected chi connectivity index (χ3v) is 2.22. The maximum absolute atomic E-state index is 11.4. The molecule has 2 amide bonds. The van der Waals surface area contributed by atoms with E-state index in [2.05, 4.69) is 17.2 Å². The van der Waals surface area contributed by atoms with E-state index in [1.54, 1.807) is 25.1 Å². The summed E-state index contributed by atoms with van der Waals surface area (Å²) in [5.41, 5.74) is 1.17. The van der Waals surface area contributed by atoms with Gasteiger partial charge in [-0.1, -0.05) is 12.1 Å². The van der Waals surface area contributed by atoms with E-state index in [9.17, 15) is 9.59 Å². The van der Waals surface area contributed by atoms with Gasteiger partial charge in [0.1, 0.15) is 0 Å². The number of carbonyl (C=O) groups is 2. The zero-order chi connectivity index (χ0) is 12.8. The molecule has 0 saturated carbocycles. The lowest BCUT2D eigenvalue weighted by Crippen LogP contribution is -2.29. The summed E-state index contributed by atoms with van der Waals surface area (Å²) in [5.74, 6) is -1.02. The molecule has 0 heterocycles. The molecule has 1 rings (SSSR count). The fourth-order valence-corrected chi connectivity index (χ4v) is 1.33. The van der Waals surface area contributed by atoms with Crippen LogP contribution in [0.2, 0.25) is 0 Å². The number of anilines is 1. The summed E-state index contributed by atoms with van der Waals surface area (Å²) in [5, 5.41) is 14.0. The van der Waals surface area contributed by atoms with Crippen molar-refractivity contribution in [2.24, 2.45) is 0 Å². The molecule has 0 fully saturated rings. The van der Waals surface area contributed by atoms with Crippen LogP contribution in [0, 0.1) is 6.92 Å². The molecule has 17 heavy (non-hydrogen) atoms. The third-order valence-electron chi connectivity index (χ3n) is 2.22. The van der Waals surface area contributed by atoms with Gasteiger partial charge in [0.2, 0.25) is 0 Å². The Bertz CT molecular complexity index is 455. The first-order valence-electron chi connectivity index (χ1n) is 5.05. The summed E-state index contributed by atoms with van der Waals surface area (Å²) in [6, 6.07) is 4.33. The van der Waals surface area contributed by atoms with Gasteiger partial charge in [-0.3, -0.25) is 0 Å². The first kappa shape index (κ1) is 12.8. The van der Waals surface area contributed by atoms with E-state index >= 15 is 0 Å². The lowest BCUT2D eigenvalue weighted by molar-refractivity contribution is 0.0696. The van der Waals surface area contributed by atoms with Gasteiger partial charge in [-0.25, -0.2) is 9.59 Å². The molecule has 5 heteroatoms. The number of carboxylic acid groups (broad SMARTS) is 1. The predicted molar refractivity (Wildman–Crippen MR) is 65.4 cm³/mol. The van der Waals surface area contributed by atoms with Crippen molar-refractivity contribution >= 4 is 17.7 Å². The first-order chi connectivity index (χ1) is 8.06. The Morgan fingerprint density at radius 3 is 2.76 bits per heavy atom. The molecule has 0 unspecified atom stereocenters. The van der Waals surface area contributed by atoms with Gasteiger partial charge in [0, 0.05) is 12.2 Å². The molecule has 0 saturated heterocycles. The molecule has 0 radical (unpaired) electrons. The van der Waals surface area contributed by atoms with E-state index in [1.807, 2.05) is 0 Å². The zero-order valence-corrected chi connectivity index (χ0v) is 9.49. The van der Waals surface area contributed by atoms with Gasteiger partial charge in [-0.15, -0.1) is 6.58 Å². The normalized spacial score (nSPS) is 9.47. The third kappa shape index (κ3) is 3.34. The number of aromatic carboxylic acids is 1. The van der Waals surface area contributed by atoms with Crippen molar-refractivity contribution in [3.8, 4) is 0 Å². The van der Waals surface area contributed by atoms with Gasteiger partial charge >= 0.3 is 12.0 Å². The minimum Gasteiger partial charge on any atom is -0.478 e. The Morgan fingerprint density at radius 2 is 2.18 bits per heavy atom. The number of amides is 2. The number of carboxylic acids is 1. The Labute approximate surface area is 99.1 Å². The molecule has 0 aliphatic carbocycles. The van der Waals surface area contributed by atoms with Gasteiger partial charge in [0.25, 0.3) is 0 Å². The Kier molecular flexibility index (Phi) is 4.28. The smallest absolute Gasteiger partial charge is 0.336 e. The van der Waals surface area contributed by atoms with Gasteiger partial charge in [0.15, 0.2) is 0 Å². The fraction of sp³-hybridized carbons (Fsp3) is 0.167. The molecule has 0 aliphatic heterocycles. The Morgan fingerprint density at radius 1 is 1.47 bits per heavy atom. The summed E-state index contributed by atoms with van der Waals surface area (Å²) in [4.78, 5) is 22.3. The lowest BCUT2D eigenvalue weighted by Gasteiger charge is -2.10. The lowest BCUT2D eigenvalue weighted by atomic mass is 10.1. The van der Waals surface area contributed by atoms with Crippen molar-refractivity contribution in [3.63, 3.8) is 0 Å². The maximum atomic E-state index is 11.4. The summed E-state index contributed by atoms with van der Waals surface area (Å²) in [7, 11) is 0. The van der Waals surface area contributed by atoms with E-state index in [1.165, 1.54) is 6.07 Å². The molecule has 5 nitrogen and oxygen atoms in total. The summed E-state index contributed by atoms with van der Waals surface area (Å²) < 4.78 is 0. The van der Waals surface area contributed by atoms with E-state index in [0.29, 0.717) is 17.8 Å². The van der Waals surface area contributed by atoms with Crippen LogP contribution >= 0.6 is 0 Å². The van der Waals surface area contributed by atoms with Crippen LogP contribution in [-0.4, -0.2) is 23.7 Å². The number of rotatable bonds is 4. The van der Waals surface area contributed by atoms with Crippen LogP contribution in [0.1, 0.15) is 15.9 Å². The minimum absolute atomic E-state index is 0.173. The average Bonchev–Trinajstić information content (AvgIpc) is 2.28. The molecule has 0 spiro atoms. The van der Waals surface area contributed by atoms with Gasteiger partial charge in [-0.05, 0) is 24.6 Å². The second-order valence-corrected chi connectivity index (χ2v) is 3.41. The second kappa shape index (κ2) is 5.69. The number of nitrogens with one attached hydrogen (secondary N) is 2. The molecule has 90 valence electrons. The summed E-state index contributed by atoms with van der Waals surface area (Å²) in [6.45, 7) is 5.47. The number of hydrogen-bond donors (Lipinski definition) is 3. The predicted octanol–water partition coefficient (Wildman–Crippen LogP) is 2.00. The van der Waals surface area contributed by atoms with Crippen molar-refractivity contribution in [1.82, 2.24) is 5.32 Å². The van der Waals surface area contributed by atoms with E-state index < -0.39 is 12.0 Å². The molecule has 0 bridgehead atoms. The topological polar surface area (TPSA) is 78.4 Å². The summed E-state index contributed by atoms with van der Waals surface area (Å²) in [6.07, 6.45) is 1.56. The number of carbonyl (C=O) groups excluding carboxylic acids is 1. The van der Waals surface area contributed by atoms with E-state index in [0.717, 1.165) is 0 Å². The highest BCUT2D eigenvalue weighted by Crippen LogP contribution is 2.18. The molecule has 0 aromatic heterocycles. The Balaban J connectivity index is 2.85. The van der Waals surface area contributed by atoms with Crippen LogP contribution in [-0.2, 0) is 0 Å². The molecule has 1 aromatic rings. The molecule has 0 aliphatic rings. The van der Waals surface area contributed by atoms with Crippen LogP contribution in [0.25, 0.3) is 0 Å². The largest absolute Gasteiger partial charge is 0.478 e. The van der Waals surface area contributed by atoms with Crippen LogP contribution < -0.4 is 10.6 Å². The van der Waals surface area contributed by atoms with E-state index in [4.69, 9.17) is 5.11 Å². The quantitative estimate of drug-likeness (QED) is 0.697. The fourth-order valence-electron chi connectivity index (χ4n) is 1.33. The molecule has 0 atom stereocenters. The molecule has 1 aromatic carbocycles. The van der Waals surface area contributed by atoms with Crippen molar-refractivity contribution in [2.75, 3.05) is 11.9 Å². The van der Waals surface area contributed by atoms with Gasteiger partial charge < -0.3 is 15.7 Å². The van der Waals surface area contributed by atoms with Crippen LogP contribution in [0.4, 0.5) is 10.5 Å². The molecular weight excluding hydrogens is 220 g/mol. The number of urea groups is 1. The van der Waals surface area contributed by atoms with Gasteiger partial charge in [0.05, 0.1) is 5.56 Å². The van der Waals surface area contributed by atoms with E-state index in [-0.39, 0.29) is 5.56 Å². The Hall–Kier alpha value is -2.30. The highest BCUT2D eigenvalue weighted by Gasteiger charge is 2.11. The SMILES string of the molecule is C=CCNC(=O)Nc1cccc(C(=O)O)c1C. The van der Waals surface area contributed by atoms with Crippen LogP contribution in [0.5, 0.6) is 0 Å². The number of benzene rings is 1. The molecular formula is C12H14N2O3. The van der Waals surface area contributed by atoms with Crippen molar-refractivity contribution in [1.29, 1.82) is 0 Å². The monoisotopic (exact) mass is 234 g/mol. The van der Waals surface area contributed by atoms with Crippen LogP contribution in [0.3, 0.4) is 0 Å². The van der Waals surface area contributed by atoms with Gasteiger partial charge in [-0.2, -0.15) is 0 Å². The summed E-state index contributed by atoms with van der Waals surface area (Å²) >= 11 is 0. The minimum atomic E-state index is -1.02. The van der Waals surface area contributed by atoms with Crippen molar-refractivity contribution < 1.29 is 14.7 Å². The average molecular weight is 234 g/mol. The van der Waals surface area contributed by atoms with Crippen LogP contribution in [0.15, 0.2) is 30.9 Å². The highest BCUT2D eigenvalue weighted by atomic mass is 16.4.